The number of carbonyl (C=O) groups excluding carboxylic acids is 3. The number of likely N-dealkylation sites (tertiary alicyclic amines) is 1. The van der Waals surface area contributed by atoms with E-state index in [1.807, 2.05) is 59.0 Å². The zero-order valence-electron chi connectivity index (χ0n) is 25.2. The van der Waals surface area contributed by atoms with Crippen LogP contribution >= 0.6 is 15.9 Å². The van der Waals surface area contributed by atoms with Gasteiger partial charge in [-0.15, -0.1) is 6.58 Å². The molecule has 0 aromatic carbocycles. The number of ether oxygens (including phenoxy) is 3. The summed E-state index contributed by atoms with van der Waals surface area (Å²) >= 11 is 3.54. The van der Waals surface area contributed by atoms with Gasteiger partial charge >= 0.3 is 12.1 Å². The lowest BCUT2D eigenvalue weighted by atomic mass is 9.85. The second kappa shape index (κ2) is 14.0. The normalized spacial score (nSPS) is 23.0. The molecule has 0 bridgehead atoms. The molecule has 3 heterocycles. The molecule has 228 valence electrons. The van der Waals surface area contributed by atoms with Gasteiger partial charge in [0.05, 0.1) is 36.4 Å². The number of hydrogen-bond acceptors (Lipinski definition) is 8. The first kappa shape index (κ1) is 32.8. The second-order valence-corrected chi connectivity index (χ2v) is 13.4. The zero-order valence-corrected chi connectivity index (χ0v) is 26.7. The Balaban J connectivity index is 1.67. The van der Waals surface area contributed by atoms with Gasteiger partial charge in [0.25, 0.3) is 0 Å². The van der Waals surface area contributed by atoms with Crippen LogP contribution in [0.5, 0.6) is 0 Å². The molecule has 0 aliphatic carbocycles. The monoisotopic (exact) mass is 636 g/mol. The highest BCUT2D eigenvalue weighted by molar-refractivity contribution is 9.12. The van der Waals surface area contributed by atoms with Gasteiger partial charge in [-0.1, -0.05) is 40.7 Å². The van der Waals surface area contributed by atoms with Crippen molar-refractivity contribution in [1.29, 1.82) is 0 Å². The highest BCUT2D eigenvalue weighted by Crippen LogP contribution is 2.29. The van der Waals surface area contributed by atoms with Crippen molar-refractivity contribution in [3.63, 3.8) is 0 Å². The Bertz CT molecular complexity index is 1080. The number of alkyl carbamates (subject to hydrolysis) is 1. The van der Waals surface area contributed by atoms with Crippen molar-refractivity contribution in [2.24, 2.45) is 15.8 Å². The Morgan fingerprint density at radius 3 is 2.59 bits per heavy atom. The number of esters is 1. The number of nitrogens with one attached hydrogen (secondary N) is 1. The molecule has 0 saturated carbocycles. The van der Waals surface area contributed by atoms with Gasteiger partial charge in [-0.3, -0.25) is 9.79 Å². The fourth-order valence-corrected chi connectivity index (χ4v) is 5.48. The molecule has 3 rings (SSSR count). The molecule has 11 heteroatoms. The van der Waals surface area contributed by atoms with Gasteiger partial charge in [0.2, 0.25) is 5.91 Å². The molecular weight excluding hydrogens is 592 g/mol. The topological polar surface area (TPSA) is 110 Å². The highest BCUT2D eigenvalue weighted by atomic mass is 79.9. The van der Waals surface area contributed by atoms with Crippen LogP contribution in [-0.2, 0) is 23.8 Å². The number of amidine groups is 1. The molecule has 2 amide bonds. The fraction of sp³-hybridized carbons (Fsp3) is 0.667. The zero-order chi connectivity index (χ0) is 30.4. The minimum atomic E-state index is -0.921. The number of allylic oxidation sites excluding steroid dienone is 3. The molecule has 0 radical (unpaired) electrons. The summed E-state index contributed by atoms with van der Waals surface area (Å²) in [5.41, 5.74) is -0.880. The number of amides is 2. The molecule has 1 saturated heterocycles. The van der Waals surface area contributed by atoms with Crippen LogP contribution in [0.15, 0.2) is 40.5 Å². The lowest BCUT2D eigenvalue weighted by Gasteiger charge is -2.35. The Kier molecular flexibility index (Phi) is 11.2. The third kappa shape index (κ3) is 8.91. The quantitative estimate of drug-likeness (QED) is 0.247. The number of carbonyl (C=O) groups is 3. The lowest BCUT2D eigenvalue weighted by Crippen LogP contribution is -2.57. The summed E-state index contributed by atoms with van der Waals surface area (Å²) in [6, 6.07) is -1.81. The molecule has 1 N–H and O–H groups in total. The van der Waals surface area contributed by atoms with E-state index in [1.54, 1.807) is 6.92 Å². The first-order valence-corrected chi connectivity index (χ1v) is 15.1. The van der Waals surface area contributed by atoms with Crippen LogP contribution < -0.4 is 5.32 Å². The van der Waals surface area contributed by atoms with Crippen LogP contribution in [-0.4, -0.2) is 90.7 Å². The van der Waals surface area contributed by atoms with E-state index in [2.05, 4.69) is 32.7 Å². The Hall–Kier alpha value is -2.66. The Morgan fingerprint density at radius 2 is 1.95 bits per heavy atom. The maximum atomic E-state index is 13.9. The smallest absolute Gasteiger partial charge is 0.407 e. The van der Waals surface area contributed by atoms with Crippen molar-refractivity contribution >= 4 is 39.7 Å². The summed E-state index contributed by atoms with van der Waals surface area (Å²) in [7, 11) is 0. The third-order valence-corrected chi connectivity index (χ3v) is 7.95. The number of nitrogens with zero attached hydrogens (tertiary/aromatic N) is 3. The van der Waals surface area contributed by atoms with Crippen molar-refractivity contribution in [3.05, 3.63) is 35.5 Å². The molecule has 3 aliphatic rings. The SMILES string of the molecule is C=CCCC(C)(C)COC(=O)N[C@H](C(=O)N1C[C@H](OCC2CN3C=CC=C(Br)C3=N2)C[C@H]1C(=O)OCC)C(C)(C)C. The van der Waals surface area contributed by atoms with Gasteiger partial charge in [0.15, 0.2) is 0 Å². The van der Waals surface area contributed by atoms with E-state index < -0.39 is 29.6 Å². The molecule has 1 unspecified atom stereocenters. The van der Waals surface area contributed by atoms with Crippen molar-refractivity contribution in [1.82, 2.24) is 15.1 Å². The van der Waals surface area contributed by atoms with Crippen molar-refractivity contribution in [3.8, 4) is 0 Å². The van der Waals surface area contributed by atoms with Crippen molar-refractivity contribution < 1.29 is 28.6 Å². The predicted molar refractivity (Wildman–Crippen MR) is 162 cm³/mol. The summed E-state index contributed by atoms with van der Waals surface area (Å²) in [6.45, 7) is 16.7. The first-order valence-electron chi connectivity index (χ1n) is 14.3. The van der Waals surface area contributed by atoms with Gasteiger partial charge < -0.3 is 29.3 Å². The standard InChI is InChI=1S/C30H45BrN4O6/c1-8-10-13-30(6,7)19-41-28(38)33-24(29(3,4)5)26(36)35-17-21(15-23(35)27(37)39-9-2)40-18-20-16-34-14-11-12-22(31)25(34)32-20/h8,11-12,14,20-21,23-24H,1,9-10,13,15-19H2,2-7H3,(H,33,38)/t20?,21-,23+,24-/m1/s1. The molecule has 1 fully saturated rings. The molecule has 0 spiro atoms. The summed E-state index contributed by atoms with van der Waals surface area (Å²) in [5, 5.41) is 2.77. The van der Waals surface area contributed by atoms with Crippen LogP contribution in [0.1, 0.15) is 60.8 Å². The molecule has 10 nitrogen and oxygen atoms in total. The Labute approximate surface area is 252 Å². The van der Waals surface area contributed by atoms with Crippen molar-refractivity contribution in [2.75, 3.05) is 32.9 Å². The van der Waals surface area contributed by atoms with E-state index in [0.29, 0.717) is 19.6 Å². The van der Waals surface area contributed by atoms with Gasteiger partial charge in [-0.2, -0.15) is 0 Å². The summed E-state index contributed by atoms with van der Waals surface area (Å²) in [5.74, 6) is 0.00867. The molecule has 0 aromatic heterocycles. The van der Waals surface area contributed by atoms with Crippen LogP contribution in [0.4, 0.5) is 4.79 Å². The van der Waals surface area contributed by atoms with E-state index in [1.165, 1.54) is 4.90 Å². The summed E-state index contributed by atoms with van der Waals surface area (Å²) in [4.78, 5) is 48.0. The maximum absolute atomic E-state index is 13.9. The van der Waals surface area contributed by atoms with E-state index in [4.69, 9.17) is 19.2 Å². The number of halogens is 1. The number of hydrogen-bond donors (Lipinski definition) is 1. The highest BCUT2D eigenvalue weighted by Gasteiger charge is 2.46. The second-order valence-electron chi connectivity index (χ2n) is 12.6. The maximum Gasteiger partial charge on any atom is 0.407 e. The molecule has 41 heavy (non-hydrogen) atoms. The van der Waals surface area contributed by atoms with Crippen molar-refractivity contribution in [2.45, 2.75) is 85.0 Å². The predicted octanol–water partition coefficient (Wildman–Crippen LogP) is 4.56. The van der Waals surface area contributed by atoms with Gasteiger partial charge in [-0.05, 0) is 58.7 Å². The molecule has 0 aromatic rings. The van der Waals surface area contributed by atoms with Crippen LogP contribution in [0.25, 0.3) is 0 Å². The van der Waals surface area contributed by atoms with Gasteiger partial charge in [-0.25, -0.2) is 9.59 Å². The van der Waals surface area contributed by atoms with Crippen LogP contribution in [0, 0.1) is 10.8 Å². The summed E-state index contributed by atoms with van der Waals surface area (Å²) in [6.07, 6.45) is 8.60. The minimum Gasteiger partial charge on any atom is -0.464 e. The number of rotatable bonds is 12. The molecular formula is C30H45BrN4O6. The van der Waals surface area contributed by atoms with Crippen LogP contribution in [0.2, 0.25) is 0 Å². The average molecular weight is 638 g/mol. The largest absolute Gasteiger partial charge is 0.464 e. The van der Waals surface area contributed by atoms with E-state index in [-0.39, 0.29) is 43.2 Å². The average Bonchev–Trinajstić information content (AvgIpc) is 3.53. The third-order valence-electron chi connectivity index (χ3n) is 7.33. The number of aliphatic imine (C=N–C) groups is 1. The van der Waals surface area contributed by atoms with E-state index >= 15 is 0 Å². The Morgan fingerprint density at radius 1 is 1.22 bits per heavy atom. The number of fused-ring (bicyclic) bond motifs is 1. The lowest BCUT2D eigenvalue weighted by molar-refractivity contribution is -0.154. The molecule has 4 atom stereocenters. The minimum absolute atomic E-state index is 0.0750. The van der Waals surface area contributed by atoms with E-state index in [0.717, 1.165) is 23.2 Å². The van der Waals surface area contributed by atoms with Gasteiger partial charge in [0, 0.05) is 25.7 Å². The first-order chi connectivity index (χ1) is 19.3. The van der Waals surface area contributed by atoms with Crippen LogP contribution in [0.3, 0.4) is 0 Å². The van der Waals surface area contributed by atoms with E-state index in [9.17, 15) is 14.4 Å². The fourth-order valence-electron chi connectivity index (χ4n) is 5.00. The molecule has 3 aliphatic heterocycles. The summed E-state index contributed by atoms with van der Waals surface area (Å²) < 4.78 is 18.0. The van der Waals surface area contributed by atoms with Gasteiger partial charge in [0.1, 0.15) is 17.9 Å².